The van der Waals surface area contributed by atoms with Crippen molar-refractivity contribution >= 4 is 28.4 Å². The second-order valence-corrected chi connectivity index (χ2v) is 5.77. The molecule has 0 heterocycles. The van der Waals surface area contributed by atoms with Gasteiger partial charge in [-0.25, -0.2) is 0 Å². The summed E-state index contributed by atoms with van der Waals surface area (Å²) in [5.74, 6) is 0.599. The van der Waals surface area contributed by atoms with Gasteiger partial charge in [0.25, 0.3) is 0 Å². The number of fused-ring (bicyclic) bond motifs is 1. The molecule has 0 saturated carbocycles. The topological polar surface area (TPSA) is 56.8 Å². The highest BCUT2D eigenvalue weighted by Gasteiger charge is 2.09. The molecular weight excluding hydrogens is 332 g/mol. The van der Waals surface area contributed by atoms with Crippen molar-refractivity contribution in [3.8, 4) is 17.9 Å². The van der Waals surface area contributed by atoms with Crippen molar-refractivity contribution in [1.29, 1.82) is 10.5 Å². The molecule has 120 valence electrons. The van der Waals surface area contributed by atoms with Crippen molar-refractivity contribution in [2.24, 2.45) is 0 Å². The van der Waals surface area contributed by atoms with Crippen LogP contribution in [-0.2, 0) is 6.61 Å². The van der Waals surface area contributed by atoms with Crippen LogP contribution in [0.25, 0.3) is 16.8 Å². The second kappa shape index (κ2) is 7.53. The van der Waals surface area contributed by atoms with Crippen LogP contribution in [0.1, 0.15) is 11.1 Å². The molecule has 3 aromatic rings. The quantitative estimate of drug-likeness (QED) is 0.587. The number of nitrogens with zero attached hydrogens (tertiary/aromatic N) is 2. The summed E-state index contributed by atoms with van der Waals surface area (Å²) in [5.41, 5.74) is 1.61. The Kier molecular flexibility index (Phi) is 5.00. The molecule has 0 spiro atoms. The molecule has 25 heavy (non-hydrogen) atoms. The molecule has 0 aromatic heterocycles. The van der Waals surface area contributed by atoms with Crippen LogP contribution in [0.5, 0.6) is 5.75 Å². The van der Waals surface area contributed by atoms with Crippen LogP contribution in [0.4, 0.5) is 0 Å². The molecule has 0 unspecified atom stereocenters. The molecule has 3 aromatic carbocycles. The zero-order valence-corrected chi connectivity index (χ0v) is 14.0. The molecule has 0 aliphatic carbocycles. The van der Waals surface area contributed by atoms with Gasteiger partial charge in [0.2, 0.25) is 0 Å². The van der Waals surface area contributed by atoms with E-state index in [0.717, 1.165) is 16.3 Å². The second-order valence-electron chi connectivity index (χ2n) is 5.36. The summed E-state index contributed by atoms with van der Waals surface area (Å²) >= 11 is 6.18. The summed E-state index contributed by atoms with van der Waals surface area (Å²) in [4.78, 5) is 0. The molecule has 4 heteroatoms. The van der Waals surface area contributed by atoms with E-state index in [-0.39, 0.29) is 5.57 Å². The minimum atomic E-state index is 0.0268. The summed E-state index contributed by atoms with van der Waals surface area (Å²) < 4.78 is 5.95. The first kappa shape index (κ1) is 16.6. The monoisotopic (exact) mass is 344 g/mol. The third-order valence-corrected chi connectivity index (χ3v) is 4.17. The van der Waals surface area contributed by atoms with Gasteiger partial charge in [-0.05, 0) is 29.0 Å². The Morgan fingerprint density at radius 2 is 1.68 bits per heavy atom. The van der Waals surface area contributed by atoms with Gasteiger partial charge in [-0.2, -0.15) is 10.5 Å². The fourth-order valence-corrected chi connectivity index (χ4v) is 2.75. The SMILES string of the molecule is N#CC(C#N)=Cc1c(OCc2ccccc2Cl)ccc2ccccc12. The average Bonchev–Trinajstić information content (AvgIpc) is 2.66. The first-order chi connectivity index (χ1) is 12.2. The van der Waals surface area contributed by atoms with Gasteiger partial charge in [0.1, 0.15) is 30.1 Å². The van der Waals surface area contributed by atoms with Gasteiger partial charge in [0.15, 0.2) is 0 Å². The number of benzene rings is 3. The van der Waals surface area contributed by atoms with Crippen molar-refractivity contribution in [1.82, 2.24) is 0 Å². The summed E-state index contributed by atoms with van der Waals surface area (Å²) in [5, 5.41) is 20.8. The van der Waals surface area contributed by atoms with Crippen molar-refractivity contribution in [2.75, 3.05) is 0 Å². The van der Waals surface area contributed by atoms with Crippen LogP contribution in [0, 0.1) is 22.7 Å². The largest absolute Gasteiger partial charge is 0.488 e. The minimum Gasteiger partial charge on any atom is -0.488 e. The van der Waals surface area contributed by atoms with Gasteiger partial charge in [-0.3, -0.25) is 0 Å². The lowest BCUT2D eigenvalue weighted by Gasteiger charge is -2.13. The van der Waals surface area contributed by atoms with Crippen LogP contribution in [0.2, 0.25) is 5.02 Å². The van der Waals surface area contributed by atoms with Gasteiger partial charge in [-0.15, -0.1) is 0 Å². The maximum Gasteiger partial charge on any atom is 0.130 e. The molecule has 0 aliphatic rings. The van der Waals surface area contributed by atoms with E-state index in [1.54, 1.807) is 6.08 Å². The van der Waals surface area contributed by atoms with Crippen LogP contribution >= 0.6 is 11.6 Å². The molecule has 0 N–H and O–H groups in total. The van der Waals surface area contributed by atoms with E-state index in [1.165, 1.54) is 0 Å². The maximum absolute atomic E-state index is 9.10. The summed E-state index contributed by atoms with van der Waals surface area (Å²) in [6.45, 7) is 0.299. The predicted molar refractivity (Wildman–Crippen MR) is 98.9 cm³/mol. The number of hydrogen-bond donors (Lipinski definition) is 0. The molecule has 0 saturated heterocycles. The van der Waals surface area contributed by atoms with Crippen LogP contribution in [0.3, 0.4) is 0 Å². The number of allylic oxidation sites excluding steroid dienone is 1. The highest BCUT2D eigenvalue weighted by Crippen LogP contribution is 2.31. The number of hydrogen-bond acceptors (Lipinski definition) is 3. The van der Waals surface area contributed by atoms with Gasteiger partial charge in [-0.1, -0.05) is 60.1 Å². The van der Waals surface area contributed by atoms with E-state index < -0.39 is 0 Å². The number of rotatable bonds is 4. The summed E-state index contributed by atoms with van der Waals surface area (Å²) in [6, 6.07) is 22.8. The van der Waals surface area contributed by atoms with E-state index in [2.05, 4.69) is 0 Å². The third-order valence-electron chi connectivity index (χ3n) is 3.80. The van der Waals surface area contributed by atoms with Crippen LogP contribution in [0.15, 0.2) is 66.2 Å². The summed E-state index contributed by atoms with van der Waals surface area (Å²) in [7, 11) is 0. The van der Waals surface area contributed by atoms with Crippen LogP contribution in [-0.4, -0.2) is 0 Å². The van der Waals surface area contributed by atoms with Gasteiger partial charge >= 0.3 is 0 Å². The first-order valence-corrected chi connectivity index (χ1v) is 8.00. The lowest BCUT2D eigenvalue weighted by molar-refractivity contribution is 0.306. The fraction of sp³-hybridized carbons (Fsp3) is 0.0476. The van der Waals surface area contributed by atoms with Gasteiger partial charge < -0.3 is 4.74 Å². The Morgan fingerprint density at radius 1 is 0.960 bits per heavy atom. The van der Waals surface area contributed by atoms with Crippen LogP contribution < -0.4 is 4.74 Å². The van der Waals surface area contributed by atoms with E-state index in [1.807, 2.05) is 72.8 Å². The fourth-order valence-electron chi connectivity index (χ4n) is 2.56. The smallest absolute Gasteiger partial charge is 0.130 e. The third kappa shape index (κ3) is 3.63. The summed E-state index contributed by atoms with van der Waals surface area (Å²) in [6.07, 6.45) is 1.56. The molecule has 0 atom stereocenters. The Morgan fingerprint density at radius 3 is 2.44 bits per heavy atom. The normalized spacial score (nSPS) is 9.88. The number of ether oxygens (including phenoxy) is 1. The van der Waals surface area contributed by atoms with E-state index >= 15 is 0 Å². The lowest BCUT2D eigenvalue weighted by Crippen LogP contribution is -1.98. The highest BCUT2D eigenvalue weighted by atomic mass is 35.5. The number of nitriles is 2. The minimum absolute atomic E-state index is 0.0268. The van der Waals surface area contributed by atoms with Crippen molar-refractivity contribution in [2.45, 2.75) is 6.61 Å². The Balaban J connectivity index is 2.06. The van der Waals surface area contributed by atoms with E-state index in [9.17, 15) is 0 Å². The van der Waals surface area contributed by atoms with Crippen molar-refractivity contribution < 1.29 is 4.74 Å². The zero-order valence-electron chi connectivity index (χ0n) is 13.2. The number of halogens is 1. The molecule has 0 amide bonds. The molecule has 0 fully saturated rings. The molecule has 3 nitrogen and oxygen atoms in total. The molecule has 0 aliphatic heterocycles. The van der Waals surface area contributed by atoms with Crippen molar-refractivity contribution in [3.05, 3.63) is 82.4 Å². The first-order valence-electron chi connectivity index (χ1n) is 7.63. The maximum atomic E-state index is 9.10. The highest BCUT2D eigenvalue weighted by molar-refractivity contribution is 6.31. The Hall–Kier alpha value is -3.27. The molecule has 0 radical (unpaired) electrons. The molecular formula is C21H13ClN2O. The van der Waals surface area contributed by atoms with E-state index in [0.29, 0.717) is 22.9 Å². The zero-order chi connectivity index (χ0) is 17.6. The van der Waals surface area contributed by atoms with E-state index in [4.69, 9.17) is 26.9 Å². The lowest BCUT2D eigenvalue weighted by atomic mass is 10.0. The van der Waals surface area contributed by atoms with Gasteiger partial charge in [0.05, 0.1) is 0 Å². The predicted octanol–water partition coefficient (Wildman–Crippen LogP) is 5.50. The standard InChI is InChI=1S/C21H13ClN2O/c22-20-8-4-2-6-17(20)14-25-21-10-9-16-5-1-3-7-18(16)19(21)11-15(12-23)13-24/h1-11H,14H2. The Labute approximate surface area is 151 Å². The average molecular weight is 345 g/mol. The Bertz CT molecular complexity index is 1030. The molecule has 3 rings (SSSR count). The van der Waals surface area contributed by atoms with Crippen molar-refractivity contribution in [3.63, 3.8) is 0 Å². The van der Waals surface area contributed by atoms with Gasteiger partial charge in [0, 0.05) is 16.1 Å². The molecule has 0 bridgehead atoms.